The second-order valence-electron chi connectivity index (χ2n) is 5.97. The third-order valence-corrected chi connectivity index (χ3v) is 4.47. The smallest absolute Gasteiger partial charge is 0.186 e. The minimum absolute atomic E-state index is 0.162. The van der Waals surface area contributed by atoms with Gasteiger partial charge in [0.2, 0.25) is 0 Å². The first-order chi connectivity index (χ1) is 10.8. The van der Waals surface area contributed by atoms with E-state index in [1.54, 1.807) is 6.92 Å². The van der Waals surface area contributed by atoms with E-state index in [1.165, 1.54) is 13.2 Å². The Labute approximate surface area is 133 Å². The van der Waals surface area contributed by atoms with Gasteiger partial charge in [-0.2, -0.15) is 0 Å². The number of methoxy groups -OCH3 is 1. The molecule has 0 saturated carbocycles. The lowest BCUT2D eigenvalue weighted by Crippen LogP contribution is -2.66. The molecule has 0 spiro atoms. The van der Waals surface area contributed by atoms with E-state index in [4.69, 9.17) is 9.47 Å². The highest BCUT2D eigenvalue weighted by molar-refractivity contribution is 5.22. The van der Waals surface area contributed by atoms with Crippen LogP contribution in [-0.4, -0.2) is 99.4 Å². The molecule has 0 amide bonds. The van der Waals surface area contributed by atoms with E-state index in [1.807, 2.05) is 0 Å². The Morgan fingerprint density at radius 1 is 1.09 bits per heavy atom. The molecule has 0 unspecified atom stereocenters. The van der Waals surface area contributed by atoms with Crippen molar-refractivity contribution in [2.75, 3.05) is 13.7 Å². The normalized spacial score (nSPS) is 48.2. The van der Waals surface area contributed by atoms with Crippen LogP contribution in [-0.2, 0) is 9.47 Å². The minimum Gasteiger partial charge on any atom is -0.392 e. The number of hydrogen-bond donors (Lipinski definition) is 7. The Balaban J connectivity index is 2.15. The summed E-state index contributed by atoms with van der Waals surface area (Å²) in [6.07, 6.45) is -6.83. The molecule has 0 aromatic heterocycles. The molecule has 0 bridgehead atoms. The van der Waals surface area contributed by atoms with Crippen molar-refractivity contribution in [3.63, 3.8) is 0 Å². The van der Waals surface area contributed by atoms with Crippen LogP contribution in [0.1, 0.15) is 6.92 Å². The van der Waals surface area contributed by atoms with Crippen LogP contribution in [0.25, 0.3) is 0 Å². The van der Waals surface area contributed by atoms with Gasteiger partial charge >= 0.3 is 0 Å². The molecule has 9 nitrogen and oxygen atoms in total. The molecular weight excluding hydrogens is 310 g/mol. The van der Waals surface area contributed by atoms with Crippen LogP contribution < -0.4 is 5.32 Å². The maximum atomic E-state index is 10.2. The van der Waals surface area contributed by atoms with E-state index in [0.29, 0.717) is 0 Å². The van der Waals surface area contributed by atoms with Gasteiger partial charge in [0, 0.05) is 7.11 Å². The molecule has 1 aliphatic heterocycles. The summed E-state index contributed by atoms with van der Waals surface area (Å²) < 4.78 is 10.4. The molecule has 2 aliphatic rings. The molecule has 1 heterocycles. The molecule has 23 heavy (non-hydrogen) atoms. The molecule has 0 radical (unpaired) electrons. The average Bonchev–Trinajstić information content (AvgIpc) is 2.54. The lowest BCUT2D eigenvalue weighted by Gasteiger charge is -2.44. The Morgan fingerprint density at radius 3 is 2.30 bits per heavy atom. The van der Waals surface area contributed by atoms with Crippen molar-refractivity contribution in [3.8, 4) is 0 Å². The number of ether oxygens (including phenoxy) is 2. The van der Waals surface area contributed by atoms with Gasteiger partial charge < -0.3 is 45.4 Å². The third-order valence-electron chi connectivity index (χ3n) is 4.47. The largest absolute Gasteiger partial charge is 0.392 e. The van der Waals surface area contributed by atoms with Crippen LogP contribution in [0.2, 0.25) is 0 Å². The fourth-order valence-electron chi connectivity index (χ4n) is 3.02. The predicted octanol–water partition coefficient (Wildman–Crippen LogP) is -3.56. The lowest BCUT2D eigenvalue weighted by atomic mass is 9.86. The van der Waals surface area contributed by atoms with Crippen molar-refractivity contribution >= 4 is 0 Å². The third kappa shape index (κ3) is 3.58. The zero-order valence-electron chi connectivity index (χ0n) is 13.0. The van der Waals surface area contributed by atoms with Gasteiger partial charge in [0.15, 0.2) is 6.29 Å². The molecule has 134 valence electrons. The van der Waals surface area contributed by atoms with E-state index in [9.17, 15) is 30.6 Å². The molecule has 1 saturated heterocycles. The molecule has 1 fully saturated rings. The van der Waals surface area contributed by atoms with Crippen LogP contribution >= 0.6 is 0 Å². The first kappa shape index (κ1) is 18.7. The average molecular weight is 335 g/mol. The number of nitrogens with one attached hydrogen (secondary N) is 1. The summed E-state index contributed by atoms with van der Waals surface area (Å²) in [4.78, 5) is 0. The molecule has 9 heteroatoms. The van der Waals surface area contributed by atoms with Crippen molar-refractivity contribution in [2.24, 2.45) is 0 Å². The Bertz CT molecular complexity index is 433. The van der Waals surface area contributed by atoms with Gasteiger partial charge in [0.1, 0.15) is 30.5 Å². The van der Waals surface area contributed by atoms with Gasteiger partial charge in [-0.3, -0.25) is 0 Å². The van der Waals surface area contributed by atoms with Crippen molar-refractivity contribution in [3.05, 3.63) is 11.6 Å². The summed E-state index contributed by atoms with van der Waals surface area (Å²) in [5.41, 5.74) is 0.162. The zero-order chi connectivity index (χ0) is 17.3. The lowest BCUT2D eigenvalue weighted by molar-refractivity contribution is -0.265. The molecule has 0 aromatic rings. The summed E-state index contributed by atoms with van der Waals surface area (Å²) in [6, 6.07) is -1.60. The monoisotopic (exact) mass is 335 g/mol. The summed E-state index contributed by atoms with van der Waals surface area (Å²) in [6.45, 7) is 1.19. The zero-order valence-corrected chi connectivity index (χ0v) is 13.0. The first-order valence-corrected chi connectivity index (χ1v) is 7.47. The van der Waals surface area contributed by atoms with Gasteiger partial charge in [-0.1, -0.05) is 6.08 Å². The van der Waals surface area contributed by atoms with E-state index >= 15 is 0 Å². The van der Waals surface area contributed by atoms with Gasteiger partial charge in [-0.15, -0.1) is 0 Å². The van der Waals surface area contributed by atoms with E-state index in [2.05, 4.69) is 5.32 Å². The highest BCUT2D eigenvalue weighted by Crippen LogP contribution is 2.25. The molecule has 2 rings (SSSR count). The van der Waals surface area contributed by atoms with Crippen LogP contribution in [0.3, 0.4) is 0 Å². The number of hydrogen-bond acceptors (Lipinski definition) is 9. The van der Waals surface area contributed by atoms with Crippen molar-refractivity contribution in [1.29, 1.82) is 0 Å². The molecular formula is C14H25NO8. The van der Waals surface area contributed by atoms with E-state index in [0.717, 1.165) is 0 Å². The van der Waals surface area contributed by atoms with Crippen molar-refractivity contribution < 1.29 is 40.1 Å². The summed E-state index contributed by atoms with van der Waals surface area (Å²) in [5, 5.41) is 62.0. The maximum absolute atomic E-state index is 10.2. The second-order valence-corrected chi connectivity index (χ2v) is 5.97. The van der Waals surface area contributed by atoms with Crippen LogP contribution in [0.5, 0.6) is 0 Å². The SMILES string of the molecule is CO[C@H]1O[C@H](C)[C@@H](N[C@H]2C=C(CO)[C@H](O)[C@H](O)[C@H]2O)[C@H](O)[C@H]1O. The van der Waals surface area contributed by atoms with Gasteiger partial charge in [0.25, 0.3) is 0 Å². The van der Waals surface area contributed by atoms with Crippen molar-refractivity contribution in [1.82, 2.24) is 5.32 Å². The summed E-state index contributed by atoms with van der Waals surface area (Å²) in [7, 11) is 1.35. The van der Waals surface area contributed by atoms with E-state index in [-0.39, 0.29) is 5.57 Å². The minimum atomic E-state index is -1.48. The van der Waals surface area contributed by atoms with Crippen LogP contribution in [0.4, 0.5) is 0 Å². The van der Waals surface area contributed by atoms with Crippen LogP contribution in [0.15, 0.2) is 11.6 Å². The summed E-state index contributed by atoms with van der Waals surface area (Å²) in [5.74, 6) is 0. The highest BCUT2D eigenvalue weighted by atomic mass is 16.7. The number of rotatable bonds is 4. The number of aliphatic hydroxyl groups excluding tert-OH is 6. The first-order valence-electron chi connectivity index (χ1n) is 7.47. The standard InChI is InChI=1S/C14H25NO8/c1-5-8(11(19)13(21)14(22-2)23-5)15-7-3-6(4-16)9(17)12(20)10(7)18/h3,5,7-21H,4H2,1-2H3/t5-,7+,8-,9+,10+,11+,12+,13-,14+/m1/s1. The molecule has 7 N–H and O–H groups in total. The molecule has 1 aliphatic carbocycles. The Morgan fingerprint density at radius 2 is 1.74 bits per heavy atom. The van der Waals surface area contributed by atoms with Gasteiger partial charge in [-0.25, -0.2) is 0 Å². The molecule has 9 atom stereocenters. The van der Waals surface area contributed by atoms with Gasteiger partial charge in [-0.05, 0) is 12.5 Å². The Hall–Kier alpha value is -0.620. The maximum Gasteiger partial charge on any atom is 0.186 e. The number of aliphatic hydroxyl groups is 6. The predicted molar refractivity (Wildman–Crippen MR) is 77.3 cm³/mol. The summed E-state index contributed by atoms with van der Waals surface area (Å²) >= 11 is 0. The quantitative estimate of drug-likeness (QED) is 0.259. The van der Waals surface area contributed by atoms with Crippen LogP contribution in [0, 0.1) is 0 Å². The topological polar surface area (TPSA) is 152 Å². The highest BCUT2D eigenvalue weighted by Gasteiger charge is 2.45. The fraction of sp³-hybridized carbons (Fsp3) is 0.857. The Kier molecular flexibility index (Phi) is 6.11. The van der Waals surface area contributed by atoms with E-state index < -0.39 is 61.6 Å². The van der Waals surface area contributed by atoms with Gasteiger partial charge in [0.05, 0.1) is 24.8 Å². The molecule has 0 aromatic carbocycles. The second kappa shape index (κ2) is 7.51. The fourth-order valence-corrected chi connectivity index (χ4v) is 3.02. The van der Waals surface area contributed by atoms with Crippen molar-refractivity contribution in [2.45, 2.75) is 61.9 Å².